The number of nitrogens with two attached hydrogens (primary N) is 1. The maximum Gasteiger partial charge on any atom is 0.391 e. The molecule has 0 saturated carbocycles. The van der Waals surface area contributed by atoms with Gasteiger partial charge in [0.05, 0.1) is 12.0 Å². The third-order valence-electron chi connectivity index (χ3n) is 1.57. The van der Waals surface area contributed by atoms with E-state index < -0.39 is 30.3 Å². The summed E-state index contributed by atoms with van der Waals surface area (Å²) in [5, 5.41) is 0. The fraction of sp³-hybridized carbons (Fsp3) is 0.857. The van der Waals surface area contributed by atoms with E-state index in [9.17, 15) is 18.0 Å². The first-order chi connectivity index (χ1) is 5.25. The molecule has 0 saturated heterocycles. The van der Waals surface area contributed by atoms with Gasteiger partial charge in [-0.2, -0.15) is 13.2 Å². The third kappa shape index (κ3) is 3.71. The van der Waals surface area contributed by atoms with Gasteiger partial charge in [0.2, 0.25) is 0 Å². The van der Waals surface area contributed by atoms with E-state index in [4.69, 9.17) is 5.73 Å². The second-order valence-electron chi connectivity index (χ2n) is 2.90. The summed E-state index contributed by atoms with van der Waals surface area (Å²) >= 11 is 0. The number of carbonyl (C=O) groups excluding carboxylic acids is 1. The Hall–Kier alpha value is -0.580. The first-order valence-corrected chi connectivity index (χ1v) is 3.60. The van der Waals surface area contributed by atoms with E-state index in [0.29, 0.717) is 0 Å². The van der Waals surface area contributed by atoms with Crippen molar-refractivity contribution in [1.82, 2.24) is 0 Å². The SMILES string of the molecule is CC(N)C(=O)CC(C)C(F)(F)F. The minimum absolute atomic E-state index is 0.527. The largest absolute Gasteiger partial charge is 0.391 e. The van der Waals surface area contributed by atoms with Crippen LogP contribution in [0.3, 0.4) is 0 Å². The Bertz CT molecular complexity index is 165. The number of ketones is 1. The smallest absolute Gasteiger partial charge is 0.322 e. The summed E-state index contributed by atoms with van der Waals surface area (Å²) in [6, 6.07) is -0.810. The normalized spacial score (nSPS) is 17.2. The highest BCUT2D eigenvalue weighted by Gasteiger charge is 2.37. The molecule has 0 heterocycles. The van der Waals surface area contributed by atoms with Gasteiger partial charge in [-0.1, -0.05) is 6.92 Å². The van der Waals surface area contributed by atoms with Crippen LogP contribution in [0.2, 0.25) is 0 Å². The summed E-state index contributed by atoms with van der Waals surface area (Å²) in [7, 11) is 0. The third-order valence-corrected chi connectivity index (χ3v) is 1.57. The molecule has 5 heteroatoms. The van der Waals surface area contributed by atoms with Crippen molar-refractivity contribution < 1.29 is 18.0 Å². The molecule has 72 valence electrons. The Kier molecular flexibility index (Phi) is 3.70. The number of hydrogen-bond acceptors (Lipinski definition) is 2. The molecule has 0 fully saturated rings. The Morgan fingerprint density at radius 3 is 2.08 bits per heavy atom. The average Bonchev–Trinajstić information content (AvgIpc) is 1.85. The van der Waals surface area contributed by atoms with Gasteiger partial charge in [-0.05, 0) is 6.92 Å². The van der Waals surface area contributed by atoms with Gasteiger partial charge in [0.1, 0.15) is 5.78 Å². The Morgan fingerprint density at radius 2 is 1.83 bits per heavy atom. The molecule has 0 spiro atoms. The van der Waals surface area contributed by atoms with Gasteiger partial charge in [0.25, 0.3) is 0 Å². The zero-order valence-electron chi connectivity index (χ0n) is 6.98. The Balaban J connectivity index is 4.02. The van der Waals surface area contributed by atoms with Gasteiger partial charge in [0.15, 0.2) is 0 Å². The summed E-state index contributed by atoms with van der Waals surface area (Å²) < 4.78 is 35.6. The summed E-state index contributed by atoms with van der Waals surface area (Å²) in [5.74, 6) is -2.16. The highest BCUT2D eigenvalue weighted by molar-refractivity contribution is 5.83. The minimum Gasteiger partial charge on any atom is -0.322 e. The molecule has 12 heavy (non-hydrogen) atoms. The van der Waals surface area contributed by atoms with E-state index in [1.165, 1.54) is 6.92 Å². The summed E-state index contributed by atoms with van der Waals surface area (Å²) in [6.07, 6.45) is -4.83. The first kappa shape index (κ1) is 11.4. The molecule has 0 bridgehead atoms. The molecule has 0 amide bonds. The Labute approximate surface area is 68.9 Å². The molecule has 0 aliphatic heterocycles. The van der Waals surface area contributed by atoms with Crippen LogP contribution in [0, 0.1) is 5.92 Å². The van der Waals surface area contributed by atoms with Crippen LogP contribution < -0.4 is 5.73 Å². The van der Waals surface area contributed by atoms with Crippen molar-refractivity contribution in [3.63, 3.8) is 0 Å². The molecule has 0 rings (SSSR count). The standard InChI is InChI=1S/C7H12F3NO/c1-4(7(8,9)10)3-6(12)5(2)11/h4-5H,3,11H2,1-2H3. The van der Waals surface area contributed by atoms with Gasteiger partial charge in [-0.3, -0.25) is 4.79 Å². The van der Waals surface area contributed by atoms with Crippen molar-refractivity contribution in [3.8, 4) is 0 Å². The quantitative estimate of drug-likeness (QED) is 0.720. The van der Waals surface area contributed by atoms with Crippen LogP contribution in [-0.2, 0) is 4.79 Å². The number of rotatable bonds is 3. The lowest BCUT2D eigenvalue weighted by Gasteiger charge is -2.15. The van der Waals surface area contributed by atoms with Crippen LogP contribution in [-0.4, -0.2) is 18.0 Å². The van der Waals surface area contributed by atoms with Crippen LogP contribution in [0.15, 0.2) is 0 Å². The Morgan fingerprint density at radius 1 is 1.42 bits per heavy atom. The van der Waals surface area contributed by atoms with E-state index in [1.807, 2.05) is 0 Å². The first-order valence-electron chi connectivity index (χ1n) is 3.60. The molecule has 2 nitrogen and oxygen atoms in total. The van der Waals surface area contributed by atoms with Crippen LogP contribution >= 0.6 is 0 Å². The molecule has 0 aromatic carbocycles. The molecule has 0 radical (unpaired) electrons. The van der Waals surface area contributed by atoms with Gasteiger partial charge in [0, 0.05) is 6.42 Å². The zero-order chi connectivity index (χ0) is 9.94. The predicted molar refractivity (Wildman–Crippen MR) is 38.5 cm³/mol. The van der Waals surface area contributed by atoms with Gasteiger partial charge >= 0.3 is 6.18 Å². The van der Waals surface area contributed by atoms with Crippen LogP contribution in [0.4, 0.5) is 13.2 Å². The fourth-order valence-electron chi connectivity index (χ4n) is 0.603. The van der Waals surface area contributed by atoms with Crippen molar-refractivity contribution in [2.75, 3.05) is 0 Å². The zero-order valence-corrected chi connectivity index (χ0v) is 6.98. The number of alkyl halides is 3. The van der Waals surface area contributed by atoms with E-state index >= 15 is 0 Å². The highest BCUT2D eigenvalue weighted by atomic mass is 19.4. The maximum atomic E-state index is 11.9. The molecule has 0 aliphatic carbocycles. The van der Waals surface area contributed by atoms with Crippen LogP contribution in [0.5, 0.6) is 0 Å². The molecule has 0 aromatic heterocycles. The monoisotopic (exact) mass is 183 g/mol. The molecule has 2 N–H and O–H groups in total. The molecule has 2 atom stereocenters. The predicted octanol–water partition coefficient (Wildman–Crippen LogP) is 1.49. The van der Waals surface area contributed by atoms with E-state index in [1.54, 1.807) is 0 Å². The second-order valence-corrected chi connectivity index (χ2v) is 2.90. The number of hydrogen-bond donors (Lipinski definition) is 1. The maximum absolute atomic E-state index is 11.9. The lowest BCUT2D eigenvalue weighted by molar-refractivity contribution is -0.173. The van der Waals surface area contributed by atoms with E-state index in [0.717, 1.165) is 6.92 Å². The van der Waals surface area contributed by atoms with Crippen LogP contribution in [0.1, 0.15) is 20.3 Å². The van der Waals surface area contributed by atoms with Gasteiger partial charge < -0.3 is 5.73 Å². The van der Waals surface area contributed by atoms with E-state index in [2.05, 4.69) is 0 Å². The van der Waals surface area contributed by atoms with Crippen molar-refractivity contribution >= 4 is 5.78 Å². The van der Waals surface area contributed by atoms with Crippen LogP contribution in [0.25, 0.3) is 0 Å². The van der Waals surface area contributed by atoms with Crippen molar-refractivity contribution in [1.29, 1.82) is 0 Å². The molecular formula is C7H12F3NO. The molecule has 2 unspecified atom stereocenters. The van der Waals surface area contributed by atoms with Gasteiger partial charge in [-0.25, -0.2) is 0 Å². The highest BCUT2D eigenvalue weighted by Crippen LogP contribution is 2.28. The van der Waals surface area contributed by atoms with Crippen molar-refractivity contribution in [3.05, 3.63) is 0 Å². The minimum atomic E-state index is -4.30. The van der Waals surface area contributed by atoms with Gasteiger partial charge in [-0.15, -0.1) is 0 Å². The average molecular weight is 183 g/mol. The number of halogens is 3. The number of Topliss-reactive ketones (excluding diaryl/α,β-unsaturated/α-hetero) is 1. The lowest BCUT2D eigenvalue weighted by atomic mass is 10.0. The summed E-state index contributed by atoms with van der Waals surface area (Å²) in [5.41, 5.74) is 5.11. The summed E-state index contributed by atoms with van der Waals surface area (Å²) in [4.78, 5) is 10.8. The lowest BCUT2D eigenvalue weighted by Crippen LogP contribution is -2.31. The van der Waals surface area contributed by atoms with Crippen molar-refractivity contribution in [2.45, 2.75) is 32.5 Å². The summed E-state index contributed by atoms with van der Waals surface area (Å²) in [6.45, 7) is 2.35. The fourth-order valence-corrected chi connectivity index (χ4v) is 0.603. The molecule has 0 aromatic rings. The van der Waals surface area contributed by atoms with Crippen molar-refractivity contribution in [2.24, 2.45) is 11.7 Å². The molecule has 0 aliphatic rings. The number of carbonyl (C=O) groups is 1. The topological polar surface area (TPSA) is 43.1 Å². The van der Waals surface area contributed by atoms with E-state index in [-0.39, 0.29) is 0 Å². The second kappa shape index (κ2) is 3.89. The molecular weight excluding hydrogens is 171 g/mol.